The zero-order chi connectivity index (χ0) is 19.1. The predicted octanol–water partition coefficient (Wildman–Crippen LogP) is 3.13. The molecule has 1 fully saturated rings. The van der Waals surface area contributed by atoms with Crippen LogP contribution in [0.4, 0.5) is 0 Å². The number of benzene rings is 1. The molecule has 1 unspecified atom stereocenters. The SMILES string of the molecule is CPc1cc(CO)ccc1C(=O)N1CCC(CCC2=CN=CCC=N2)CC1. The molecule has 5 nitrogen and oxygen atoms in total. The quantitative estimate of drug-likeness (QED) is 0.765. The molecule has 1 aromatic carbocycles. The number of aliphatic imine (C=N–C) groups is 2. The smallest absolute Gasteiger partial charge is 0.254 e. The first-order valence-electron chi connectivity index (χ1n) is 9.65. The van der Waals surface area contributed by atoms with E-state index in [0.717, 1.165) is 67.3 Å². The Morgan fingerprint density at radius 3 is 2.85 bits per heavy atom. The van der Waals surface area contributed by atoms with E-state index >= 15 is 0 Å². The molecule has 2 aliphatic rings. The fraction of sp³-hybridized carbons (Fsp3) is 0.476. The average molecular weight is 385 g/mol. The molecule has 1 atom stereocenters. The van der Waals surface area contributed by atoms with Gasteiger partial charge in [0.2, 0.25) is 0 Å². The van der Waals surface area contributed by atoms with Crippen LogP contribution in [0.2, 0.25) is 0 Å². The highest BCUT2D eigenvalue weighted by atomic mass is 31.1. The van der Waals surface area contributed by atoms with Gasteiger partial charge in [-0.2, -0.15) is 0 Å². The molecular weight excluding hydrogens is 357 g/mol. The van der Waals surface area contributed by atoms with Gasteiger partial charge < -0.3 is 10.0 Å². The van der Waals surface area contributed by atoms with Crippen molar-refractivity contribution in [2.45, 2.75) is 38.7 Å². The van der Waals surface area contributed by atoms with Crippen molar-refractivity contribution >= 4 is 32.2 Å². The van der Waals surface area contributed by atoms with E-state index < -0.39 is 0 Å². The summed E-state index contributed by atoms with van der Waals surface area (Å²) < 4.78 is 0. The van der Waals surface area contributed by atoms with Gasteiger partial charge in [-0.05, 0) is 61.3 Å². The third kappa shape index (κ3) is 5.33. The van der Waals surface area contributed by atoms with Crippen molar-refractivity contribution in [1.82, 2.24) is 4.90 Å². The van der Waals surface area contributed by atoms with E-state index in [0.29, 0.717) is 14.5 Å². The number of carbonyl (C=O) groups excluding carboxylic acids is 1. The number of amides is 1. The number of allylic oxidation sites excluding steroid dienone is 1. The van der Waals surface area contributed by atoms with Gasteiger partial charge in [-0.15, -0.1) is 0 Å². The Labute approximate surface area is 163 Å². The highest BCUT2D eigenvalue weighted by Crippen LogP contribution is 2.26. The van der Waals surface area contributed by atoms with E-state index in [4.69, 9.17) is 0 Å². The van der Waals surface area contributed by atoms with Gasteiger partial charge in [0.15, 0.2) is 0 Å². The molecule has 0 bridgehead atoms. The largest absolute Gasteiger partial charge is 0.392 e. The van der Waals surface area contributed by atoms with Gasteiger partial charge in [0.05, 0.1) is 12.3 Å². The zero-order valence-electron chi connectivity index (χ0n) is 15.9. The molecule has 0 saturated carbocycles. The van der Waals surface area contributed by atoms with E-state index in [9.17, 15) is 9.90 Å². The zero-order valence-corrected chi connectivity index (χ0v) is 16.9. The predicted molar refractivity (Wildman–Crippen MR) is 114 cm³/mol. The summed E-state index contributed by atoms with van der Waals surface area (Å²) in [6, 6.07) is 5.69. The Balaban J connectivity index is 1.53. The number of carbonyl (C=O) groups is 1. The van der Waals surface area contributed by atoms with E-state index in [1.54, 1.807) is 0 Å². The Morgan fingerprint density at radius 1 is 1.30 bits per heavy atom. The van der Waals surface area contributed by atoms with E-state index in [1.807, 2.05) is 41.7 Å². The van der Waals surface area contributed by atoms with E-state index in [2.05, 4.69) is 16.6 Å². The molecule has 27 heavy (non-hydrogen) atoms. The normalized spacial score (nSPS) is 18.1. The second-order valence-corrected chi connectivity index (χ2v) is 8.10. The van der Waals surface area contributed by atoms with Gasteiger partial charge in [0, 0.05) is 43.7 Å². The van der Waals surface area contributed by atoms with Crippen molar-refractivity contribution in [3.05, 3.63) is 41.2 Å². The highest BCUT2D eigenvalue weighted by molar-refractivity contribution is 7.46. The number of hydrogen-bond acceptors (Lipinski definition) is 4. The molecule has 2 heterocycles. The molecule has 1 aromatic rings. The van der Waals surface area contributed by atoms with Crippen molar-refractivity contribution in [2.24, 2.45) is 15.9 Å². The summed E-state index contributed by atoms with van der Waals surface area (Å²) in [7, 11) is 0.542. The fourth-order valence-corrected chi connectivity index (χ4v) is 4.40. The topological polar surface area (TPSA) is 65.3 Å². The molecule has 0 aromatic heterocycles. The summed E-state index contributed by atoms with van der Waals surface area (Å²) in [4.78, 5) is 23.6. The van der Waals surface area contributed by atoms with Gasteiger partial charge in [0.1, 0.15) is 0 Å². The minimum absolute atomic E-state index is 0.0170. The molecular formula is C21H28N3O2P. The van der Waals surface area contributed by atoms with Crippen LogP contribution in [-0.4, -0.2) is 48.1 Å². The lowest BCUT2D eigenvalue weighted by Crippen LogP contribution is -2.39. The molecule has 1 N–H and O–H groups in total. The maximum atomic E-state index is 13.0. The van der Waals surface area contributed by atoms with Gasteiger partial charge in [-0.25, -0.2) is 0 Å². The second-order valence-electron chi connectivity index (χ2n) is 7.06. The first-order chi connectivity index (χ1) is 13.2. The minimum atomic E-state index is 0.0170. The average Bonchev–Trinajstić information content (AvgIpc) is 3.00. The molecule has 2 aliphatic heterocycles. The number of likely N-dealkylation sites (tertiary alicyclic amines) is 1. The molecule has 3 rings (SSSR count). The number of piperidine rings is 1. The summed E-state index contributed by atoms with van der Waals surface area (Å²) in [6.45, 7) is 3.73. The van der Waals surface area contributed by atoms with E-state index in [1.165, 1.54) is 0 Å². The van der Waals surface area contributed by atoms with Gasteiger partial charge in [-0.3, -0.25) is 14.8 Å². The molecule has 144 valence electrons. The maximum Gasteiger partial charge on any atom is 0.254 e. The second kappa shape index (κ2) is 9.91. The van der Waals surface area contributed by atoms with Crippen molar-refractivity contribution in [2.75, 3.05) is 19.8 Å². The van der Waals surface area contributed by atoms with Crippen LogP contribution >= 0.6 is 8.58 Å². The first kappa shape index (κ1) is 19.9. The van der Waals surface area contributed by atoms with Crippen molar-refractivity contribution < 1.29 is 9.90 Å². The lowest BCUT2D eigenvalue weighted by Gasteiger charge is -2.32. The summed E-state index contributed by atoms with van der Waals surface area (Å²) in [5.74, 6) is 0.773. The Bertz CT molecular complexity index is 750. The lowest BCUT2D eigenvalue weighted by atomic mass is 9.91. The van der Waals surface area contributed by atoms with Crippen molar-refractivity contribution in [3.8, 4) is 0 Å². The minimum Gasteiger partial charge on any atom is -0.392 e. The molecule has 1 saturated heterocycles. The van der Waals surface area contributed by atoms with Crippen LogP contribution < -0.4 is 5.30 Å². The Morgan fingerprint density at radius 2 is 2.11 bits per heavy atom. The number of rotatable bonds is 6. The summed E-state index contributed by atoms with van der Waals surface area (Å²) in [6.07, 6.45) is 10.6. The maximum absolute atomic E-state index is 13.0. The molecule has 6 heteroatoms. The first-order valence-corrected chi connectivity index (χ1v) is 11.1. The van der Waals surface area contributed by atoms with Crippen molar-refractivity contribution in [3.63, 3.8) is 0 Å². The highest BCUT2D eigenvalue weighted by Gasteiger charge is 2.25. The molecule has 0 aliphatic carbocycles. The third-order valence-corrected chi connectivity index (χ3v) is 6.23. The summed E-state index contributed by atoms with van der Waals surface area (Å²) in [5, 5.41) is 10.4. The summed E-state index contributed by atoms with van der Waals surface area (Å²) in [5.41, 5.74) is 2.72. The molecule has 0 radical (unpaired) electrons. The van der Waals surface area contributed by atoms with Gasteiger partial charge >= 0.3 is 0 Å². The molecule has 0 spiro atoms. The van der Waals surface area contributed by atoms with Gasteiger partial charge in [-0.1, -0.05) is 14.6 Å². The Kier molecular flexibility index (Phi) is 7.31. The van der Waals surface area contributed by atoms with Crippen LogP contribution in [0.3, 0.4) is 0 Å². The third-order valence-electron chi connectivity index (χ3n) is 5.27. The fourth-order valence-electron chi connectivity index (χ4n) is 3.61. The summed E-state index contributed by atoms with van der Waals surface area (Å²) >= 11 is 0. The van der Waals surface area contributed by atoms with Crippen LogP contribution in [0.25, 0.3) is 0 Å². The monoisotopic (exact) mass is 385 g/mol. The van der Waals surface area contributed by atoms with Crippen LogP contribution in [0.15, 0.2) is 40.1 Å². The van der Waals surface area contributed by atoms with Crippen molar-refractivity contribution in [1.29, 1.82) is 0 Å². The number of hydrogen-bond donors (Lipinski definition) is 1. The van der Waals surface area contributed by atoms with E-state index in [-0.39, 0.29) is 12.5 Å². The van der Waals surface area contributed by atoms with Crippen LogP contribution in [-0.2, 0) is 6.61 Å². The Hall–Kier alpha value is -1.84. The van der Waals surface area contributed by atoms with Crippen LogP contribution in [0.5, 0.6) is 0 Å². The number of aliphatic hydroxyl groups is 1. The standard InChI is InChI=1S/C21H28N3O2P/c1-27-20-13-17(15-25)4-6-19(20)21(26)24-11-7-16(8-12-24)3-5-18-14-22-9-2-10-23-18/h4,6,9-10,13-14,16,25,27H,2-3,5,7-8,11-12,15H2,1H3. The van der Waals surface area contributed by atoms with Crippen LogP contribution in [0.1, 0.15) is 48.0 Å². The van der Waals surface area contributed by atoms with Crippen LogP contribution in [0, 0.1) is 5.92 Å². The number of aliphatic hydroxyl groups excluding tert-OH is 1. The lowest BCUT2D eigenvalue weighted by molar-refractivity contribution is 0.0688. The van der Waals surface area contributed by atoms with Gasteiger partial charge in [0.25, 0.3) is 5.91 Å². The molecule has 1 amide bonds. The number of nitrogens with zero attached hydrogens (tertiary/aromatic N) is 3.